The fraction of sp³-hybridized carbons (Fsp3) is 0.682. The first-order valence-corrected chi connectivity index (χ1v) is 10.8. The Kier molecular flexibility index (Phi) is 11.3. The molecule has 7 heteroatoms. The summed E-state index contributed by atoms with van der Waals surface area (Å²) in [5.74, 6) is 1.05. The number of likely N-dealkylation sites (tertiary alicyclic amines) is 1. The molecule has 0 aliphatic carbocycles. The van der Waals surface area contributed by atoms with Gasteiger partial charge in [-0.05, 0) is 32.3 Å². The second-order valence-corrected chi connectivity index (χ2v) is 7.55. The minimum atomic E-state index is 0. The van der Waals surface area contributed by atoms with Crippen LogP contribution >= 0.6 is 24.0 Å². The molecule has 2 heterocycles. The van der Waals surface area contributed by atoms with Crippen molar-refractivity contribution in [3.05, 3.63) is 35.9 Å². The van der Waals surface area contributed by atoms with Crippen molar-refractivity contribution in [1.82, 2.24) is 15.1 Å². The van der Waals surface area contributed by atoms with Crippen LogP contribution in [0.25, 0.3) is 0 Å². The van der Waals surface area contributed by atoms with Crippen LogP contribution in [0, 0.1) is 0 Å². The van der Waals surface area contributed by atoms with Crippen LogP contribution in [0.5, 0.6) is 0 Å². The number of halogens is 1. The standard InChI is InChI=1S/C22H36N4O2.HI/c1-3-23-22(26-12-10-21(18-26)25-13-16-27-17-14-25)24-11-7-15-28-19(2)20-8-5-4-6-9-20;/h4-6,8-9,19,21H,3,7,10-18H2,1-2H3,(H,23,24);1H. The predicted octanol–water partition coefficient (Wildman–Crippen LogP) is 3.14. The van der Waals surface area contributed by atoms with Gasteiger partial charge in [-0.2, -0.15) is 0 Å². The summed E-state index contributed by atoms with van der Waals surface area (Å²) >= 11 is 0. The lowest BCUT2D eigenvalue weighted by Gasteiger charge is -2.32. The van der Waals surface area contributed by atoms with Crippen molar-refractivity contribution in [2.45, 2.75) is 38.8 Å². The van der Waals surface area contributed by atoms with Crippen LogP contribution < -0.4 is 5.32 Å². The van der Waals surface area contributed by atoms with Crippen LogP contribution in [0.3, 0.4) is 0 Å². The Hall–Kier alpha value is -0.900. The minimum absolute atomic E-state index is 0. The summed E-state index contributed by atoms with van der Waals surface area (Å²) in [4.78, 5) is 9.84. The number of rotatable bonds is 8. The fourth-order valence-electron chi connectivity index (χ4n) is 3.93. The number of nitrogens with one attached hydrogen (secondary N) is 1. The summed E-state index contributed by atoms with van der Waals surface area (Å²) < 4.78 is 11.5. The van der Waals surface area contributed by atoms with E-state index in [1.165, 1.54) is 12.0 Å². The lowest BCUT2D eigenvalue weighted by atomic mass is 10.1. The molecule has 2 aliphatic heterocycles. The third-order valence-corrected chi connectivity index (χ3v) is 5.56. The van der Waals surface area contributed by atoms with Crippen LogP contribution in [0.15, 0.2) is 35.3 Å². The molecule has 0 aromatic heterocycles. The Labute approximate surface area is 193 Å². The molecule has 1 N–H and O–H groups in total. The number of hydrogen-bond donors (Lipinski definition) is 1. The molecule has 164 valence electrons. The topological polar surface area (TPSA) is 49.3 Å². The maximum Gasteiger partial charge on any atom is 0.193 e. The van der Waals surface area contributed by atoms with Gasteiger partial charge in [-0.1, -0.05) is 30.3 Å². The van der Waals surface area contributed by atoms with Gasteiger partial charge in [0, 0.05) is 51.9 Å². The van der Waals surface area contributed by atoms with Crippen LogP contribution in [-0.2, 0) is 9.47 Å². The molecule has 0 spiro atoms. The van der Waals surface area contributed by atoms with E-state index in [9.17, 15) is 0 Å². The highest BCUT2D eigenvalue weighted by Gasteiger charge is 2.30. The average molecular weight is 516 g/mol. The van der Waals surface area contributed by atoms with E-state index in [-0.39, 0.29) is 30.1 Å². The van der Waals surface area contributed by atoms with E-state index >= 15 is 0 Å². The van der Waals surface area contributed by atoms with E-state index in [2.05, 4.69) is 53.2 Å². The largest absolute Gasteiger partial charge is 0.379 e. The van der Waals surface area contributed by atoms with E-state index in [1.807, 2.05) is 6.07 Å². The molecule has 1 aromatic carbocycles. The lowest BCUT2D eigenvalue weighted by Crippen LogP contribution is -2.46. The molecule has 2 saturated heterocycles. The first kappa shape index (κ1) is 24.4. The number of benzene rings is 1. The Morgan fingerprint density at radius 1 is 1.24 bits per heavy atom. The highest BCUT2D eigenvalue weighted by atomic mass is 127. The van der Waals surface area contributed by atoms with Crippen molar-refractivity contribution < 1.29 is 9.47 Å². The third kappa shape index (κ3) is 7.70. The molecule has 2 fully saturated rings. The van der Waals surface area contributed by atoms with Crippen molar-refractivity contribution in [2.75, 3.05) is 59.1 Å². The monoisotopic (exact) mass is 516 g/mol. The van der Waals surface area contributed by atoms with Gasteiger partial charge < -0.3 is 19.7 Å². The van der Waals surface area contributed by atoms with Gasteiger partial charge in [0.1, 0.15) is 0 Å². The summed E-state index contributed by atoms with van der Waals surface area (Å²) in [5.41, 5.74) is 1.23. The van der Waals surface area contributed by atoms with Gasteiger partial charge in [-0.15, -0.1) is 24.0 Å². The van der Waals surface area contributed by atoms with Gasteiger partial charge in [0.2, 0.25) is 0 Å². The van der Waals surface area contributed by atoms with E-state index in [0.717, 1.165) is 71.5 Å². The van der Waals surface area contributed by atoms with Gasteiger partial charge in [0.25, 0.3) is 0 Å². The van der Waals surface area contributed by atoms with E-state index in [4.69, 9.17) is 14.5 Å². The molecule has 3 rings (SSSR count). The zero-order valence-corrected chi connectivity index (χ0v) is 20.2. The number of hydrogen-bond acceptors (Lipinski definition) is 4. The van der Waals surface area contributed by atoms with Gasteiger partial charge >= 0.3 is 0 Å². The Bertz CT molecular complexity index is 596. The van der Waals surface area contributed by atoms with Crippen molar-refractivity contribution in [3.63, 3.8) is 0 Å². The zero-order chi connectivity index (χ0) is 19.6. The number of morpholine rings is 1. The second-order valence-electron chi connectivity index (χ2n) is 7.55. The summed E-state index contributed by atoms with van der Waals surface area (Å²) in [7, 11) is 0. The highest BCUT2D eigenvalue weighted by Crippen LogP contribution is 2.18. The Morgan fingerprint density at radius 2 is 2.00 bits per heavy atom. The lowest BCUT2D eigenvalue weighted by molar-refractivity contribution is 0.0195. The smallest absolute Gasteiger partial charge is 0.193 e. The van der Waals surface area contributed by atoms with Crippen LogP contribution in [0.4, 0.5) is 0 Å². The summed E-state index contributed by atoms with van der Waals surface area (Å²) in [6.07, 6.45) is 2.28. The Morgan fingerprint density at radius 3 is 2.72 bits per heavy atom. The SMILES string of the molecule is CCNC(=NCCCOC(C)c1ccccc1)N1CCC(N2CCOCC2)C1.I. The molecule has 29 heavy (non-hydrogen) atoms. The van der Waals surface area contributed by atoms with E-state index < -0.39 is 0 Å². The van der Waals surface area contributed by atoms with Crippen LogP contribution in [-0.4, -0.2) is 80.9 Å². The fourth-order valence-corrected chi connectivity index (χ4v) is 3.93. The van der Waals surface area contributed by atoms with Crippen molar-refractivity contribution >= 4 is 29.9 Å². The molecule has 6 nitrogen and oxygen atoms in total. The quantitative estimate of drug-likeness (QED) is 0.249. The molecule has 2 atom stereocenters. The maximum absolute atomic E-state index is 5.97. The van der Waals surface area contributed by atoms with Crippen LogP contribution in [0.2, 0.25) is 0 Å². The van der Waals surface area contributed by atoms with Crippen molar-refractivity contribution in [1.29, 1.82) is 0 Å². The maximum atomic E-state index is 5.97. The van der Waals surface area contributed by atoms with Gasteiger partial charge in [-0.3, -0.25) is 9.89 Å². The number of nitrogens with zero attached hydrogens (tertiary/aromatic N) is 3. The summed E-state index contributed by atoms with van der Waals surface area (Å²) in [6, 6.07) is 11.0. The van der Waals surface area contributed by atoms with Crippen LogP contribution in [0.1, 0.15) is 38.4 Å². The minimum Gasteiger partial charge on any atom is -0.379 e. The van der Waals surface area contributed by atoms with Gasteiger partial charge in [0.05, 0.1) is 19.3 Å². The van der Waals surface area contributed by atoms with Crippen molar-refractivity contribution in [2.24, 2.45) is 4.99 Å². The molecule has 0 saturated carbocycles. The summed E-state index contributed by atoms with van der Waals surface area (Å²) in [5, 5.41) is 3.47. The highest BCUT2D eigenvalue weighted by molar-refractivity contribution is 14.0. The Balaban J connectivity index is 0.00000300. The van der Waals surface area contributed by atoms with Crippen molar-refractivity contribution in [3.8, 4) is 0 Å². The first-order chi connectivity index (χ1) is 13.8. The van der Waals surface area contributed by atoms with E-state index in [0.29, 0.717) is 6.04 Å². The predicted molar refractivity (Wildman–Crippen MR) is 129 cm³/mol. The number of aliphatic imine (C=N–C) groups is 1. The number of guanidine groups is 1. The normalized spacial score (nSPS) is 21.7. The molecule has 2 aliphatic rings. The van der Waals surface area contributed by atoms with E-state index in [1.54, 1.807) is 0 Å². The molecule has 0 amide bonds. The second kappa shape index (κ2) is 13.4. The molecule has 1 aromatic rings. The molecular formula is C22H37IN4O2. The van der Waals surface area contributed by atoms with Gasteiger partial charge in [0.15, 0.2) is 5.96 Å². The van der Waals surface area contributed by atoms with Gasteiger partial charge in [-0.25, -0.2) is 0 Å². The summed E-state index contributed by atoms with van der Waals surface area (Å²) in [6.45, 7) is 12.7. The molecule has 0 radical (unpaired) electrons. The molecule has 2 unspecified atom stereocenters. The average Bonchev–Trinajstić information content (AvgIpc) is 3.24. The zero-order valence-electron chi connectivity index (χ0n) is 17.9. The third-order valence-electron chi connectivity index (χ3n) is 5.56. The number of ether oxygens (including phenoxy) is 2. The molecular weight excluding hydrogens is 479 g/mol. The molecule has 0 bridgehead atoms. The first-order valence-electron chi connectivity index (χ1n) is 10.8.